The minimum atomic E-state index is 0.360. The molecule has 1 saturated heterocycles. The summed E-state index contributed by atoms with van der Waals surface area (Å²) in [6.45, 7) is 16.7. The summed E-state index contributed by atoms with van der Waals surface area (Å²) in [5.74, 6) is 0.895. The van der Waals surface area contributed by atoms with Gasteiger partial charge in [-0.05, 0) is 45.1 Å². The Hall–Kier alpha value is -0.0400. The van der Waals surface area contributed by atoms with E-state index in [9.17, 15) is 0 Å². The zero-order valence-electron chi connectivity index (χ0n) is 10.9. The number of rotatable bonds is 2. The van der Waals surface area contributed by atoms with Gasteiger partial charge in [0.05, 0.1) is 0 Å². The van der Waals surface area contributed by atoms with Crippen LogP contribution in [-0.4, -0.2) is 23.5 Å². The van der Waals surface area contributed by atoms with Crippen molar-refractivity contribution >= 4 is 0 Å². The van der Waals surface area contributed by atoms with E-state index >= 15 is 0 Å². The van der Waals surface area contributed by atoms with Gasteiger partial charge in [0.15, 0.2) is 0 Å². The van der Waals surface area contributed by atoms with Crippen molar-refractivity contribution < 1.29 is 0 Å². The maximum absolute atomic E-state index is 2.63. The van der Waals surface area contributed by atoms with Crippen LogP contribution in [0.2, 0.25) is 0 Å². The smallest absolute Gasteiger partial charge is 0.0125 e. The highest BCUT2D eigenvalue weighted by molar-refractivity contribution is 4.90. The molecular weight excluding hydrogens is 170 g/mol. The molecule has 1 nitrogen and oxygen atoms in total. The minimum absolute atomic E-state index is 0.360. The van der Waals surface area contributed by atoms with Gasteiger partial charge < -0.3 is 0 Å². The first-order valence-electron chi connectivity index (χ1n) is 6.02. The molecule has 1 aliphatic rings. The predicted molar refractivity (Wildman–Crippen MR) is 63.5 cm³/mol. The fourth-order valence-corrected chi connectivity index (χ4v) is 2.30. The summed E-state index contributed by atoms with van der Waals surface area (Å²) < 4.78 is 0. The minimum Gasteiger partial charge on any atom is -0.298 e. The van der Waals surface area contributed by atoms with Crippen LogP contribution < -0.4 is 0 Å². The van der Waals surface area contributed by atoms with E-state index in [-0.39, 0.29) is 0 Å². The van der Waals surface area contributed by atoms with Crippen molar-refractivity contribution in [3.05, 3.63) is 0 Å². The van der Waals surface area contributed by atoms with Gasteiger partial charge in [-0.25, -0.2) is 0 Å². The van der Waals surface area contributed by atoms with Crippen molar-refractivity contribution in [2.45, 2.75) is 59.9 Å². The van der Waals surface area contributed by atoms with Gasteiger partial charge in [-0.15, -0.1) is 0 Å². The van der Waals surface area contributed by atoms with Crippen molar-refractivity contribution in [1.29, 1.82) is 0 Å². The van der Waals surface area contributed by atoms with Gasteiger partial charge in [0.25, 0.3) is 0 Å². The highest BCUT2D eigenvalue weighted by atomic mass is 15.2. The lowest BCUT2D eigenvalue weighted by Crippen LogP contribution is -2.40. The second-order valence-corrected chi connectivity index (χ2v) is 6.44. The summed E-state index contributed by atoms with van der Waals surface area (Å²) in [7, 11) is 0. The van der Waals surface area contributed by atoms with Crippen molar-refractivity contribution in [3.8, 4) is 0 Å². The zero-order chi connectivity index (χ0) is 11.0. The first-order chi connectivity index (χ1) is 6.27. The molecule has 1 rings (SSSR count). The molecule has 1 aliphatic heterocycles. The molecule has 84 valence electrons. The third-order valence-corrected chi connectivity index (χ3v) is 4.15. The Bertz CT molecular complexity index is 188. The van der Waals surface area contributed by atoms with Crippen LogP contribution >= 0.6 is 0 Å². The third kappa shape index (κ3) is 2.50. The summed E-state index contributed by atoms with van der Waals surface area (Å²) in [4.78, 5) is 2.63. The molecule has 0 amide bonds. The van der Waals surface area contributed by atoms with Crippen LogP contribution in [0.25, 0.3) is 0 Å². The molecule has 0 bridgehead atoms. The number of hydrogen-bond donors (Lipinski definition) is 0. The molecule has 1 atom stereocenters. The summed E-state index contributed by atoms with van der Waals surface area (Å²) >= 11 is 0. The van der Waals surface area contributed by atoms with Gasteiger partial charge in [-0.2, -0.15) is 0 Å². The Morgan fingerprint density at radius 2 is 1.71 bits per heavy atom. The van der Waals surface area contributed by atoms with Crippen LogP contribution in [0.15, 0.2) is 0 Å². The van der Waals surface area contributed by atoms with Gasteiger partial charge in [-0.1, -0.05) is 27.2 Å². The summed E-state index contributed by atoms with van der Waals surface area (Å²) in [5, 5.41) is 0. The topological polar surface area (TPSA) is 3.24 Å². The largest absolute Gasteiger partial charge is 0.298 e. The molecule has 0 radical (unpaired) electrons. The molecule has 1 heterocycles. The van der Waals surface area contributed by atoms with Gasteiger partial charge in [-0.3, -0.25) is 4.90 Å². The van der Waals surface area contributed by atoms with E-state index in [1.54, 1.807) is 0 Å². The average molecular weight is 197 g/mol. The first-order valence-corrected chi connectivity index (χ1v) is 6.02. The monoisotopic (exact) mass is 197 g/mol. The molecule has 0 saturated carbocycles. The van der Waals surface area contributed by atoms with Gasteiger partial charge in [0.1, 0.15) is 0 Å². The summed E-state index contributed by atoms with van der Waals surface area (Å²) in [5.41, 5.74) is 0.887. The standard InChI is InChI=1S/C13H27N/c1-7-13(5,6)11-8-9-14(10-11)12(2,3)4/h11H,7-10H2,1-6H3. The molecule has 0 aromatic heterocycles. The van der Waals surface area contributed by atoms with E-state index in [4.69, 9.17) is 0 Å². The van der Waals surface area contributed by atoms with E-state index < -0.39 is 0 Å². The van der Waals surface area contributed by atoms with Crippen molar-refractivity contribution in [2.75, 3.05) is 13.1 Å². The van der Waals surface area contributed by atoms with E-state index in [0.29, 0.717) is 11.0 Å². The van der Waals surface area contributed by atoms with Crippen LogP contribution in [0.3, 0.4) is 0 Å². The second kappa shape index (κ2) is 3.84. The molecule has 1 fully saturated rings. The molecular formula is C13H27N. The lowest BCUT2D eigenvalue weighted by molar-refractivity contribution is 0.140. The highest BCUT2D eigenvalue weighted by Gasteiger charge is 2.37. The predicted octanol–water partition coefficient (Wildman–Crippen LogP) is 3.54. The first kappa shape index (κ1) is 12.0. The van der Waals surface area contributed by atoms with Crippen LogP contribution in [0.5, 0.6) is 0 Å². The molecule has 1 heteroatoms. The maximum atomic E-state index is 2.63. The Morgan fingerprint density at radius 3 is 2.07 bits per heavy atom. The van der Waals surface area contributed by atoms with Crippen LogP contribution in [0, 0.1) is 11.3 Å². The van der Waals surface area contributed by atoms with Gasteiger partial charge in [0, 0.05) is 12.1 Å². The van der Waals surface area contributed by atoms with Crippen LogP contribution in [0.1, 0.15) is 54.4 Å². The lowest BCUT2D eigenvalue weighted by Gasteiger charge is -2.35. The molecule has 0 aliphatic carbocycles. The average Bonchev–Trinajstić information content (AvgIpc) is 2.51. The van der Waals surface area contributed by atoms with Crippen molar-refractivity contribution in [3.63, 3.8) is 0 Å². The Balaban J connectivity index is 2.58. The zero-order valence-corrected chi connectivity index (χ0v) is 10.9. The highest BCUT2D eigenvalue weighted by Crippen LogP contribution is 2.38. The van der Waals surface area contributed by atoms with E-state index in [0.717, 1.165) is 5.92 Å². The fourth-order valence-electron chi connectivity index (χ4n) is 2.30. The maximum Gasteiger partial charge on any atom is 0.0125 e. The normalized spacial score (nSPS) is 25.7. The SMILES string of the molecule is CCC(C)(C)C1CCN(C(C)(C)C)C1. The Kier molecular flexibility index (Phi) is 3.30. The summed E-state index contributed by atoms with van der Waals surface area (Å²) in [6, 6.07) is 0. The summed E-state index contributed by atoms with van der Waals surface area (Å²) in [6.07, 6.45) is 2.69. The second-order valence-electron chi connectivity index (χ2n) is 6.44. The molecule has 1 unspecified atom stereocenters. The Labute approximate surface area is 89.9 Å². The van der Waals surface area contributed by atoms with Gasteiger partial charge in [0.2, 0.25) is 0 Å². The van der Waals surface area contributed by atoms with Crippen LogP contribution in [-0.2, 0) is 0 Å². The van der Waals surface area contributed by atoms with Crippen LogP contribution in [0.4, 0.5) is 0 Å². The molecule has 0 N–H and O–H groups in total. The van der Waals surface area contributed by atoms with Gasteiger partial charge >= 0.3 is 0 Å². The Morgan fingerprint density at radius 1 is 1.14 bits per heavy atom. The van der Waals surface area contributed by atoms with Crippen molar-refractivity contribution in [1.82, 2.24) is 4.90 Å². The quantitative estimate of drug-likeness (QED) is 0.654. The van der Waals surface area contributed by atoms with E-state index in [1.807, 2.05) is 0 Å². The van der Waals surface area contributed by atoms with E-state index in [1.165, 1.54) is 25.9 Å². The molecule has 14 heavy (non-hydrogen) atoms. The number of nitrogens with zero attached hydrogens (tertiary/aromatic N) is 1. The number of likely N-dealkylation sites (tertiary alicyclic amines) is 1. The number of hydrogen-bond acceptors (Lipinski definition) is 1. The lowest BCUT2D eigenvalue weighted by atomic mass is 9.76. The van der Waals surface area contributed by atoms with Crippen molar-refractivity contribution in [2.24, 2.45) is 11.3 Å². The molecule has 0 aromatic carbocycles. The fraction of sp³-hybridized carbons (Fsp3) is 1.00. The molecule has 0 aromatic rings. The third-order valence-electron chi connectivity index (χ3n) is 4.15. The molecule has 0 spiro atoms. The van der Waals surface area contributed by atoms with E-state index in [2.05, 4.69) is 46.4 Å².